The Labute approximate surface area is 289 Å². The first kappa shape index (κ1) is 37.7. The highest BCUT2D eigenvalue weighted by molar-refractivity contribution is 5.56. The summed E-state index contributed by atoms with van der Waals surface area (Å²) in [6.45, 7) is 6.23. The van der Waals surface area contributed by atoms with Gasteiger partial charge in [-0.1, -0.05) is 142 Å². The lowest BCUT2D eigenvalue weighted by Crippen LogP contribution is -2.04. The lowest BCUT2D eigenvalue weighted by atomic mass is 9.97. The summed E-state index contributed by atoms with van der Waals surface area (Å²) in [7, 11) is 0. The minimum atomic E-state index is 0.818. The average molecular weight is 647 g/mol. The number of fused-ring (bicyclic) bond motifs is 2. The summed E-state index contributed by atoms with van der Waals surface area (Å²) >= 11 is 0. The van der Waals surface area contributed by atoms with E-state index in [0.29, 0.717) is 0 Å². The van der Waals surface area contributed by atoms with Crippen LogP contribution in [-0.4, -0.2) is 13.2 Å². The van der Waals surface area contributed by atoms with Gasteiger partial charge in [0.05, 0.1) is 13.2 Å². The van der Waals surface area contributed by atoms with Gasteiger partial charge in [0.25, 0.3) is 0 Å². The van der Waals surface area contributed by atoms with Gasteiger partial charge < -0.3 is 14.2 Å². The van der Waals surface area contributed by atoms with Crippen molar-refractivity contribution < 1.29 is 14.2 Å². The first-order chi connectivity index (χ1) is 23.3. The van der Waals surface area contributed by atoms with Gasteiger partial charge in [0.15, 0.2) is 0 Å². The lowest BCUT2D eigenvalue weighted by Gasteiger charge is -2.20. The van der Waals surface area contributed by atoms with E-state index in [4.69, 9.17) is 14.2 Å². The molecule has 0 bridgehead atoms. The highest BCUT2D eigenvalue weighted by Crippen LogP contribution is 2.42. The number of unbranched alkanes of at least 4 members (excludes halogenated alkanes) is 18. The molecule has 0 fully saturated rings. The molecule has 0 unspecified atom stereocenters. The number of hydrogen-bond donors (Lipinski definition) is 0. The molecule has 3 nitrogen and oxygen atoms in total. The van der Waals surface area contributed by atoms with Crippen LogP contribution in [0.1, 0.15) is 190 Å². The number of ether oxygens (including phenoxy) is 3. The Morgan fingerprint density at radius 1 is 0.447 bits per heavy atom. The van der Waals surface area contributed by atoms with Crippen LogP contribution in [-0.2, 0) is 25.7 Å². The lowest BCUT2D eigenvalue weighted by molar-refractivity contribution is 0.311. The molecule has 2 aromatic rings. The Hall–Kier alpha value is -2.16. The van der Waals surface area contributed by atoms with Crippen molar-refractivity contribution in [1.29, 1.82) is 0 Å². The molecule has 4 rings (SSSR count). The van der Waals surface area contributed by atoms with Crippen LogP contribution in [0.5, 0.6) is 23.0 Å². The number of rotatable bonds is 24. The Balaban J connectivity index is 1.32. The summed E-state index contributed by atoms with van der Waals surface area (Å²) in [5.74, 6) is 4.22. The van der Waals surface area contributed by atoms with Crippen molar-refractivity contribution in [3.63, 3.8) is 0 Å². The van der Waals surface area contributed by atoms with E-state index in [1.54, 1.807) is 0 Å². The third-order valence-electron chi connectivity index (χ3n) is 10.6. The predicted octanol–water partition coefficient (Wildman–Crippen LogP) is 13.8. The van der Waals surface area contributed by atoms with Crippen LogP contribution < -0.4 is 14.2 Å². The Morgan fingerprint density at radius 2 is 0.809 bits per heavy atom. The van der Waals surface area contributed by atoms with E-state index in [2.05, 4.69) is 38.1 Å². The van der Waals surface area contributed by atoms with Gasteiger partial charge in [-0.2, -0.15) is 0 Å². The molecule has 0 spiro atoms. The molecule has 0 aromatic heterocycles. The molecule has 0 aliphatic carbocycles. The van der Waals surface area contributed by atoms with Crippen LogP contribution in [0, 0.1) is 0 Å². The van der Waals surface area contributed by atoms with E-state index in [0.717, 1.165) is 87.6 Å². The molecule has 0 saturated heterocycles. The monoisotopic (exact) mass is 647 g/mol. The summed E-state index contributed by atoms with van der Waals surface area (Å²) in [5.41, 5.74) is 5.32. The first-order valence-electron chi connectivity index (χ1n) is 20.5. The normalized spacial score (nSPS) is 14.4. The molecule has 2 aliphatic heterocycles. The standard InChI is InChI=1S/C44H70O3/c1-3-5-7-9-11-13-15-17-19-21-27-37-31-33-41(39-29-23-25-35-45-43(37)39)47-42-34-32-38(44-40(42)30-24-26-36-46-44)28-22-20-18-16-14-12-10-8-6-4-2/h31-34H,3-30,35-36H2,1-2H3. The SMILES string of the molecule is CCCCCCCCCCCCc1ccc(Oc2ccc(CCCCCCCCCCCC)c3c2CCCCO3)c2c1OCCCC2. The molecular formula is C44H70O3. The fourth-order valence-electron chi connectivity index (χ4n) is 7.61. The third kappa shape index (κ3) is 13.3. The van der Waals surface area contributed by atoms with E-state index in [1.165, 1.54) is 151 Å². The van der Waals surface area contributed by atoms with E-state index >= 15 is 0 Å². The maximum absolute atomic E-state index is 6.85. The van der Waals surface area contributed by atoms with Crippen LogP contribution in [0.4, 0.5) is 0 Å². The average Bonchev–Trinajstić information content (AvgIpc) is 3.50. The van der Waals surface area contributed by atoms with Crippen LogP contribution >= 0.6 is 0 Å². The number of aryl methyl sites for hydroxylation is 2. The second-order valence-corrected chi connectivity index (χ2v) is 14.6. The van der Waals surface area contributed by atoms with Crippen LogP contribution in [0.15, 0.2) is 24.3 Å². The molecule has 2 aromatic carbocycles. The maximum Gasteiger partial charge on any atom is 0.134 e. The molecule has 3 heteroatoms. The predicted molar refractivity (Wildman–Crippen MR) is 201 cm³/mol. The van der Waals surface area contributed by atoms with Crippen molar-refractivity contribution in [3.8, 4) is 23.0 Å². The summed E-state index contributed by atoms with van der Waals surface area (Å²) in [4.78, 5) is 0. The van der Waals surface area contributed by atoms with Gasteiger partial charge >= 0.3 is 0 Å². The minimum absolute atomic E-state index is 0.818. The quantitative estimate of drug-likeness (QED) is 0.106. The van der Waals surface area contributed by atoms with Gasteiger partial charge in [-0.3, -0.25) is 0 Å². The van der Waals surface area contributed by atoms with Crippen molar-refractivity contribution in [3.05, 3.63) is 46.5 Å². The van der Waals surface area contributed by atoms with E-state index in [1.807, 2.05) is 0 Å². The third-order valence-corrected chi connectivity index (χ3v) is 10.6. The Morgan fingerprint density at radius 3 is 1.19 bits per heavy atom. The largest absolute Gasteiger partial charge is 0.493 e. The number of benzene rings is 2. The van der Waals surface area contributed by atoms with Gasteiger partial charge in [-0.05, 0) is 87.5 Å². The fourth-order valence-corrected chi connectivity index (χ4v) is 7.61. The smallest absolute Gasteiger partial charge is 0.134 e. The molecule has 0 saturated carbocycles. The van der Waals surface area contributed by atoms with Gasteiger partial charge in [0.1, 0.15) is 23.0 Å². The van der Waals surface area contributed by atoms with Gasteiger partial charge in [-0.15, -0.1) is 0 Å². The highest BCUT2D eigenvalue weighted by atomic mass is 16.5. The van der Waals surface area contributed by atoms with Crippen molar-refractivity contribution >= 4 is 0 Å². The van der Waals surface area contributed by atoms with E-state index < -0.39 is 0 Å². The van der Waals surface area contributed by atoms with Gasteiger partial charge in [0.2, 0.25) is 0 Å². The highest BCUT2D eigenvalue weighted by Gasteiger charge is 2.22. The van der Waals surface area contributed by atoms with Crippen molar-refractivity contribution in [2.75, 3.05) is 13.2 Å². The molecule has 47 heavy (non-hydrogen) atoms. The van der Waals surface area contributed by atoms with Crippen molar-refractivity contribution in [2.24, 2.45) is 0 Å². The second kappa shape index (κ2) is 23.2. The summed E-state index contributed by atoms with van der Waals surface area (Å²) < 4.78 is 19.7. The molecule has 2 heterocycles. The summed E-state index contributed by atoms with van der Waals surface area (Å²) in [6.07, 6.45) is 36.3. The first-order valence-corrected chi connectivity index (χ1v) is 20.5. The fraction of sp³-hybridized carbons (Fsp3) is 0.727. The van der Waals surface area contributed by atoms with E-state index in [9.17, 15) is 0 Å². The minimum Gasteiger partial charge on any atom is -0.493 e. The van der Waals surface area contributed by atoms with Crippen LogP contribution in [0.3, 0.4) is 0 Å². The molecule has 0 amide bonds. The van der Waals surface area contributed by atoms with Crippen molar-refractivity contribution in [1.82, 2.24) is 0 Å². The molecule has 2 aliphatic rings. The van der Waals surface area contributed by atoms with Crippen LogP contribution in [0.25, 0.3) is 0 Å². The zero-order valence-corrected chi connectivity index (χ0v) is 30.7. The zero-order chi connectivity index (χ0) is 32.8. The maximum atomic E-state index is 6.85. The van der Waals surface area contributed by atoms with E-state index in [-0.39, 0.29) is 0 Å². The second-order valence-electron chi connectivity index (χ2n) is 14.6. The Bertz CT molecular complexity index is 1030. The molecular weight excluding hydrogens is 576 g/mol. The molecule has 0 radical (unpaired) electrons. The van der Waals surface area contributed by atoms with Gasteiger partial charge in [0, 0.05) is 11.1 Å². The van der Waals surface area contributed by atoms with Gasteiger partial charge in [-0.25, -0.2) is 0 Å². The molecule has 264 valence electrons. The zero-order valence-electron chi connectivity index (χ0n) is 30.7. The summed E-state index contributed by atoms with van der Waals surface area (Å²) in [6, 6.07) is 9.06. The topological polar surface area (TPSA) is 27.7 Å². The van der Waals surface area contributed by atoms with Crippen LogP contribution in [0.2, 0.25) is 0 Å². The Kier molecular flexibility index (Phi) is 18.6. The molecule has 0 N–H and O–H groups in total. The number of hydrogen-bond acceptors (Lipinski definition) is 3. The summed E-state index contributed by atoms with van der Waals surface area (Å²) in [5, 5.41) is 0. The van der Waals surface area contributed by atoms with Crippen molar-refractivity contribution in [2.45, 2.75) is 194 Å². The molecule has 0 atom stereocenters.